The number of halogens is 1. The summed E-state index contributed by atoms with van der Waals surface area (Å²) in [6.45, 7) is 1.92. The van der Waals surface area contributed by atoms with Crippen molar-refractivity contribution in [3.63, 3.8) is 0 Å². The molecule has 6 heteroatoms. The first-order valence-corrected chi connectivity index (χ1v) is 7.89. The highest BCUT2D eigenvalue weighted by Crippen LogP contribution is 2.46. The average molecular weight is 340 g/mol. The molecule has 1 aliphatic carbocycles. The van der Waals surface area contributed by atoms with E-state index in [0.29, 0.717) is 11.7 Å². The van der Waals surface area contributed by atoms with Crippen molar-refractivity contribution in [3.8, 4) is 17.6 Å². The van der Waals surface area contributed by atoms with E-state index in [2.05, 4.69) is 10.1 Å². The molecular weight excluding hydrogens is 323 g/mol. The molecule has 2 aromatic carbocycles. The van der Waals surface area contributed by atoms with Gasteiger partial charge in [-0.1, -0.05) is 18.2 Å². The van der Waals surface area contributed by atoms with Gasteiger partial charge in [0.15, 0.2) is 0 Å². The van der Waals surface area contributed by atoms with E-state index in [0.717, 1.165) is 30.0 Å². The van der Waals surface area contributed by atoms with E-state index >= 15 is 0 Å². The maximum absolute atomic E-state index is 14.1. The van der Waals surface area contributed by atoms with Crippen molar-refractivity contribution in [2.45, 2.75) is 25.7 Å². The summed E-state index contributed by atoms with van der Waals surface area (Å²) in [5.74, 6) is 0.582. The van der Waals surface area contributed by atoms with Gasteiger partial charge in [-0.25, -0.2) is 9.18 Å². The molecule has 0 saturated heterocycles. The number of rotatable bonds is 4. The monoisotopic (exact) mass is 340 g/mol. The van der Waals surface area contributed by atoms with Crippen molar-refractivity contribution < 1.29 is 18.7 Å². The minimum Gasteiger partial charge on any atom is -0.455 e. The van der Waals surface area contributed by atoms with Gasteiger partial charge in [-0.05, 0) is 42.9 Å². The van der Waals surface area contributed by atoms with E-state index in [4.69, 9.17) is 4.74 Å². The number of methoxy groups -OCH3 is 1. The highest BCUT2D eigenvalue weighted by Gasteiger charge is 2.28. The van der Waals surface area contributed by atoms with E-state index in [1.807, 2.05) is 31.2 Å². The first-order chi connectivity index (χ1) is 12.0. The van der Waals surface area contributed by atoms with Gasteiger partial charge >= 0.3 is 6.09 Å². The molecule has 25 heavy (non-hydrogen) atoms. The maximum atomic E-state index is 14.1. The second-order valence-corrected chi connectivity index (χ2v) is 5.93. The third-order valence-corrected chi connectivity index (χ3v) is 4.08. The zero-order valence-electron chi connectivity index (χ0n) is 13.9. The maximum Gasteiger partial charge on any atom is 0.411 e. The van der Waals surface area contributed by atoms with Gasteiger partial charge in [0.1, 0.15) is 23.4 Å². The largest absolute Gasteiger partial charge is 0.455 e. The van der Waals surface area contributed by atoms with Crippen LogP contribution in [-0.4, -0.2) is 13.2 Å². The Morgan fingerprint density at radius 3 is 2.76 bits per heavy atom. The van der Waals surface area contributed by atoms with Crippen LogP contribution in [0.2, 0.25) is 0 Å². The average Bonchev–Trinajstić information content (AvgIpc) is 3.43. The molecule has 0 heterocycles. The fourth-order valence-corrected chi connectivity index (χ4v) is 2.62. The number of hydrogen-bond acceptors (Lipinski definition) is 4. The quantitative estimate of drug-likeness (QED) is 0.863. The topological polar surface area (TPSA) is 71.3 Å². The number of ether oxygens (including phenoxy) is 2. The molecule has 1 N–H and O–H groups in total. The van der Waals surface area contributed by atoms with Crippen molar-refractivity contribution in [2.75, 3.05) is 12.4 Å². The van der Waals surface area contributed by atoms with Crippen LogP contribution in [-0.2, 0) is 4.74 Å². The van der Waals surface area contributed by atoms with Gasteiger partial charge in [-0.15, -0.1) is 0 Å². The van der Waals surface area contributed by atoms with Gasteiger partial charge in [0, 0.05) is 6.07 Å². The number of carbonyl (C=O) groups is 1. The number of hydrogen-bond donors (Lipinski definition) is 1. The Kier molecular flexibility index (Phi) is 4.57. The summed E-state index contributed by atoms with van der Waals surface area (Å²) in [6.07, 6.45) is 1.40. The summed E-state index contributed by atoms with van der Waals surface area (Å²) < 4.78 is 24.5. The molecule has 0 spiro atoms. The van der Waals surface area contributed by atoms with Crippen LogP contribution in [0.25, 0.3) is 0 Å². The summed E-state index contributed by atoms with van der Waals surface area (Å²) in [6, 6.07) is 10.2. The van der Waals surface area contributed by atoms with Crippen molar-refractivity contribution in [1.29, 1.82) is 5.26 Å². The molecule has 2 aromatic rings. The van der Waals surface area contributed by atoms with Crippen LogP contribution >= 0.6 is 0 Å². The molecule has 0 radical (unpaired) electrons. The fourth-order valence-electron chi connectivity index (χ4n) is 2.62. The normalized spacial score (nSPS) is 13.0. The van der Waals surface area contributed by atoms with Crippen LogP contribution in [0.3, 0.4) is 0 Å². The van der Waals surface area contributed by atoms with Crippen molar-refractivity contribution in [1.82, 2.24) is 0 Å². The molecular formula is C19H17FN2O3. The summed E-state index contributed by atoms with van der Waals surface area (Å²) in [5, 5.41) is 11.6. The molecule has 0 aliphatic heterocycles. The lowest BCUT2D eigenvalue weighted by Crippen LogP contribution is -2.12. The van der Waals surface area contributed by atoms with Gasteiger partial charge in [-0.3, -0.25) is 5.32 Å². The van der Waals surface area contributed by atoms with Gasteiger partial charge < -0.3 is 9.47 Å². The molecule has 0 bridgehead atoms. The molecule has 0 atom stereocenters. The zero-order valence-corrected chi connectivity index (χ0v) is 13.9. The number of amides is 1. The number of para-hydroxylation sites is 1. The van der Waals surface area contributed by atoms with Crippen molar-refractivity contribution >= 4 is 11.8 Å². The number of nitrogens with zero attached hydrogens (tertiary/aromatic N) is 1. The van der Waals surface area contributed by atoms with Crippen LogP contribution < -0.4 is 10.1 Å². The van der Waals surface area contributed by atoms with Gasteiger partial charge in [0.25, 0.3) is 0 Å². The highest BCUT2D eigenvalue weighted by molar-refractivity contribution is 5.85. The number of nitrogens with one attached hydrogen (secondary N) is 1. The molecule has 1 amide bonds. The number of aryl methyl sites for hydroxylation is 1. The summed E-state index contributed by atoms with van der Waals surface area (Å²) >= 11 is 0. The lowest BCUT2D eigenvalue weighted by atomic mass is 10.1. The molecule has 0 unspecified atom stereocenters. The fraction of sp³-hybridized carbons (Fsp3) is 0.263. The van der Waals surface area contributed by atoms with Crippen LogP contribution in [0.15, 0.2) is 30.3 Å². The lowest BCUT2D eigenvalue weighted by Gasteiger charge is -2.16. The van der Waals surface area contributed by atoms with E-state index < -0.39 is 11.9 Å². The first-order valence-electron chi connectivity index (χ1n) is 7.89. The number of benzene rings is 2. The Balaban J connectivity index is 2.01. The third kappa shape index (κ3) is 3.56. The third-order valence-electron chi connectivity index (χ3n) is 4.08. The first kappa shape index (κ1) is 16.8. The Morgan fingerprint density at radius 1 is 1.36 bits per heavy atom. The van der Waals surface area contributed by atoms with Crippen LogP contribution in [0.4, 0.5) is 14.9 Å². The van der Waals surface area contributed by atoms with E-state index in [9.17, 15) is 14.4 Å². The Morgan fingerprint density at radius 2 is 2.12 bits per heavy atom. The number of nitriles is 1. The SMILES string of the molecule is COC(=O)Nc1cc(Oc2c(C)cccc2C2CC2)c(C#N)cc1F. The predicted molar refractivity (Wildman–Crippen MR) is 90.4 cm³/mol. The summed E-state index contributed by atoms with van der Waals surface area (Å²) in [7, 11) is 1.18. The van der Waals surface area contributed by atoms with Crippen molar-refractivity contribution in [2.24, 2.45) is 0 Å². The van der Waals surface area contributed by atoms with E-state index in [1.54, 1.807) is 0 Å². The minimum atomic E-state index is -0.802. The molecule has 1 aliphatic rings. The van der Waals surface area contributed by atoms with Gasteiger partial charge in [0.05, 0.1) is 18.4 Å². The number of anilines is 1. The van der Waals surface area contributed by atoms with E-state index in [1.165, 1.54) is 13.2 Å². The van der Waals surface area contributed by atoms with Gasteiger partial charge in [-0.2, -0.15) is 5.26 Å². The second kappa shape index (κ2) is 6.81. The molecule has 1 saturated carbocycles. The smallest absolute Gasteiger partial charge is 0.411 e. The zero-order chi connectivity index (χ0) is 18.0. The number of carbonyl (C=O) groups excluding carboxylic acids is 1. The van der Waals surface area contributed by atoms with E-state index in [-0.39, 0.29) is 17.0 Å². The van der Waals surface area contributed by atoms with Crippen LogP contribution in [0.1, 0.15) is 35.4 Å². The minimum absolute atomic E-state index is 0.0536. The van der Waals surface area contributed by atoms with Gasteiger partial charge in [0.2, 0.25) is 0 Å². The highest BCUT2D eigenvalue weighted by atomic mass is 19.1. The van der Waals surface area contributed by atoms with Crippen molar-refractivity contribution in [3.05, 3.63) is 52.8 Å². The molecule has 0 aromatic heterocycles. The summed E-state index contributed by atoms with van der Waals surface area (Å²) in [5.41, 5.74) is 1.95. The standard InChI is InChI=1S/C19H17FN2O3/c1-11-4-3-5-14(12-6-7-12)18(11)25-17-9-16(22-19(23)24-2)15(20)8-13(17)10-21/h3-5,8-9,12H,6-7H2,1-2H3,(H,22,23). The summed E-state index contributed by atoms with van der Waals surface area (Å²) in [4.78, 5) is 11.4. The Hall–Kier alpha value is -3.07. The van der Waals surface area contributed by atoms with Crippen LogP contribution in [0, 0.1) is 24.1 Å². The molecule has 5 nitrogen and oxygen atoms in total. The van der Waals surface area contributed by atoms with Crippen LogP contribution in [0.5, 0.6) is 11.5 Å². The molecule has 1 fully saturated rings. The predicted octanol–water partition coefficient (Wildman–Crippen LogP) is 4.85. The Labute approximate surface area is 145 Å². The second-order valence-electron chi connectivity index (χ2n) is 5.93. The lowest BCUT2D eigenvalue weighted by molar-refractivity contribution is 0.187. The molecule has 128 valence electrons. The Bertz CT molecular complexity index is 870. The molecule has 3 rings (SSSR count).